The molecular weight excluding hydrogens is 490 g/mol. The Bertz CT molecular complexity index is 926. The number of thioether (sulfide) groups is 1. The molecule has 0 saturated heterocycles. The standard InChI is InChI=1S/C23H35N5O7S/c1-12(2)19(23(34)35)28-22(33)16(10-13-4-6-14(29)7-5-13)27-21(32)17(11-18(25)30)26-20(31)15(24)8-9-36-3/h4-7,12,15-17,19,29H,8-11,24H2,1-3H3,(H2,25,30)(H,26,31)(H,27,32)(H,28,33)(H,34,35). The third kappa shape index (κ3) is 10.5. The summed E-state index contributed by atoms with van der Waals surface area (Å²) in [6.45, 7) is 3.23. The van der Waals surface area contributed by atoms with E-state index in [0.29, 0.717) is 17.7 Å². The third-order valence-electron chi connectivity index (χ3n) is 5.25. The minimum atomic E-state index is -1.40. The second-order valence-corrected chi connectivity index (χ2v) is 9.61. The van der Waals surface area contributed by atoms with Crippen molar-refractivity contribution in [2.24, 2.45) is 17.4 Å². The lowest BCUT2D eigenvalue weighted by Crippen LogP contribution is -2.58. The second-order valence-electron chi connectivity index (χ2n) is 8.62. The highest BCUT2D eigenvalue weighted by Gasteiger charge is 2.32. The van der Waals surface area contributed by atoms with E-state index in [1.807, 2.05) is 6.26 Å². The van der Waals surface area contributed by atoms with Gasteiger partial charge in [0.1, 0.15) is 23.9 Å². The Morgan fingerprint density at radius 1 is 0.944 bits per heavy atom. The molecule has 0 aliphatic heterocycles. The fourth-order valence-electron chi connectivity index (χ4n) is 3.18. The van der Waals surface area contributed by atoms with E-state index < -0.39 is 66.1 Å². The number of phenolic OH excluding ortho intramolecular Hbond substituents is 1. The maximum atomic E-state index is 13.0. The molecule has 0 bridgehead atoms. The van der Waals surface area contributed by atoms with Gasteiger partial charge in [-0.15, -0.1) is 0 Å². The molecule has 4 unspecified atom stereocenters. The van der Waals surface area contributed by atoms with Crippen molar-refractivity contribution in [1.82, 2.24) is 16.0 Å². The molecule has 4 atom stereocenters. The highest BCUT2D eigenvalue weighted by atomic mass is 32.2. The Hall–Kier alpha value is -3.32. The van der Waals surface area contributed by atoms with Gasteiger partial charge in [0.2, 0.25) is 23.6 Å². The number of benzene rings is 1. The Labute approximate surface area is 213 Å². The second kappa shape index (κ2) is 14.9. The van der Waals surface area contributed by atoms with E-state index in [2.05, 4.69) is 16.0 Å². The molecule has 12 nitrogen and oxygen atoms in total. The number of carbonyl (C=O) groups excluding carboxylic acids is 4. The summed E-state index contributed by atoms with van der Waals surface area (Å²) in [5.74, 6) is -4.25. The van der Waals surface area contributed by atoms with Gasteiger partial charge in [-0.05, 0) is 42.0 Å². The monoisotopic (exact) mass is 525 g/mol. The molecule has 13 heteroatoms. The van der Waals surface area contributed by atoms with Crippen molar-refractivity contribution in [3.05, 3.63) is 29.8 Å². The molecule has 0 aromatic heterocycles. The smallest absolute Gasteiger partial charge is 0.326 e. The summed E-state index contributed by atoms with van der Waals surface area (Å²) < 4.78 is 0. The summed E-state index contributed by atoms with van der Waals surface area (Å²) in [4.78, 5) is 61.6. The van der Waals surface area contributed by atoms with Gasteiger partial charge in [0.15, 0.2) is 0 Å². The van der Waals surface area contributed by atoms with E-state index >= 15 is 0 Å². The maximum absolute atomic E-state index is 13.0. The van der Waals surface area contributed by atoms with E-state index in [-0.39, 0.29) is 12.2 Å². The number of carboxylic acid groups (broad SMARTS) is 1. The summed E-state index contributed by atoms with van der Waals surface area (Å²) >= 11 is 1.49. The number of primary amides is 1. The molecule has 0 saturated carbocycles. The van der Waals surface area contributed by atoms with Crippen LogP contribution >= 0.6 is 11.8 Å². The van der Waals surface area contributed by atoms with Crippen LogP contribution in [0.5, 0.6) is 5.75 Å². The highest BCUT2D eigenvalue weighted by molar-refractivity contribution is 7.98. The van der Waals surface area contributed by atoms with E-state index in [9.17, 15) is 34.2 Å². The van der Waals surface area contributed by atoms with Crippen LogP contribution in [0, 0.1) is 5.92 Å². The normalized spacial score (nSPS) is 14.2. The first-order valence-electron chi connectivity index (χ1n) is 11.3. The summed E-state index contributed by atoms with van der Waals surface area (Å²) in [5.41, 5.74) is 11.7. The number of aliphatic carboxylic acids is 1. The summed E-state index contributed by atoms with van der Waals surface area (Å²) in [7, 11) is 0. The number of nitrogens with one attached hydrogen (secondary N) is 3. The largest absolute Gasteiger partial charge is 0.508 e. The zero-order valence-electron chi connectivity index (χ0n) is 20.5. The van der Waals surface area contributed by atoms with Crippen molar-refractivity contribution in [1.29, 1.82) is 0 Å². The Morgan fingerprint density at radius 3 is 2.00 bits per heavy atom. The number of nitrogens with two attached hydrogens (primary N) is 2. The molecule has 200 valence electrons. The minimum absolute atomic E-state index is 0.00316. The molecular formula is C23H35N5O7S. The first-order valence-corrected chi connectivity index (χ1v) is 12.7. The van der Waals surface area contributed by atoms with Gasteiger partial charge < -0.3 is 37.6 Å². The molecule has 36 heavy (non-hydrogen) atoms. The highest BCUT2D eigenvalue weighted by Crippen LogP contribution is 2.12. The number of hydrogen-bond donors (Lipinski definition) is 7. The Balaban J connectivity index is 3.14. The topological polar surface area (TPSA) is 214 Å². The molecule has 0 spiro atoms. The zero-order valence-corrected chi connectivity index (χ0v) is 21.3. The molecule has 1 aromatic carbocycles. The number of hydrogen-bond acceptors (Lipinski definition) is 8. The van der Waals surface area contributed by atoms with Crippen LogP contribution in [-0.4, -0.2) is 76.0 Å². The number of amides is 4. The van der Waals surface area contributed by atoms with Crippen LogP contribution in [0.25, 0.3) is 0 Å². The van der Waals surface area contributed by atoms with Crippen LogP contribution in [0.4, 0.5) is 0 Å². The average Bonchev–Trinajstić information content (AvgIpc) is 2.80. The lowest BCUT2D eigenvalue weighted by molar-refractivity contribution is -0.143. The van der Waals surface area contributed by atoms with Gasteiger partial charge in [0.25, 0.3) is 0 Å². The van der Waals surface area contributed by atoms with Gasteiger partial charge >= 0.3 is 5.97 Å². The summed E-state index contributed by atoms with van der Waals surface area (Å²) in [5, 5.41) is 26.2. The van der Waals surface area contributed by atoms with Gasteiger partial charge in [0.05, 0.1) is 12.5 Å². The number of aromatic hydroxyl groups is 1. The maximum Gasteiger partial charge on any atom is 0.326 e. The molecule has 0 radical (unpaired) electrons. The average molecular weight is 526 g/mol. The molecule has 0 fully saturated rings. The van der Waals surface area contributed by atoms with Crippen LogP contribution in [0.3, 0.4) is 0 Å². The summed E-state index contributed by atoms with van der Waals surface area (Å²) in [6, 6.07) is 1.06. The predicted octanol–water partition coefficient (Wildman–Crippen LogP) is -0.914. The fraction of sp³-hybridized carbons (Fsp3) is 0.522. The third-order valence-corrected chi connectivity index (χ3v) is 5.89. The number of rotatable bonds is 15. The fourth-order valence-corrected chi connectivity index (χ4v) is 3.67. The van der Waals surface area contributed by atoms with E-state index in [4.69, 9.17) is 11.5 Å². The lowest BCUT2D eigenvalue weighted by atomic mass is 10.0. The van der Waals surface area contributed by atoms with Gasteiger partial charge in [-0.1, -0.05) is 26.0 Å². The molecule has 1 aromatic rings. The molecule has 0 aliphatic carbocycles. The van der Waals surface area contributed by atoms with Crippen molar-refractivity contribution in [3.63, 3.8) is 0 Å². The van der Waals surface area contributed by atoms with Crippen molar-refractivity contribution in [2.75, 3.05) is 12.0 Å². The van der Waals surface area contributed by atoms with Crippen molar-refractivity contribution in [3.8, 4) is 5.75 Å². The van der Waals surface area contributed by atoms with E-state index in [1.54, 1.807) is 13.8 Å². The van der Waals surface area contributed by atoms with Gasteiger partial charge in [-0.25, -0.2) is 4.79 Å². The first-order chi connectivity index (χ1) is 16.8. The van der Waals surface area contributed by atoms with Crippen LogP contribution in [0.15, 0.2) is 24.3 Å². The summed E-state index contributed by atoms with van der Waals surface area (Å²) in [6.07, 6.45) is 1.59. The quantitative estimate of drug-likeness (QED) is 0.151. The minimum Gasteiger partial charge on any atom is -0.508 e. The SMILES string of the molecule is CSCCC(N)C(=O)NC(CC(N)=O)C(=O)NC(Cc1ccc(O)cc1)C(=O)NC(C(=O)O)C(C)C. The Morgan fingerprint density at radius 2 is 1.50 bits per heavy atom. The van der Waals surface area contributed by atoms with Crippen molar-refractivity contribution in [2.45, 2.75) is 57.3 Å². The van der Waals surface area contributed by atoms with Gasteiger partial charge in [0, 0.05) is 6.42 Å². The lowest BCUT2D eigenvalue weighted by Gasteiger charge is -2.26. The molecule has 1 rings (SSSR count). The predicted molar refractivity (Wildman–Crippen MR) is 135 cm³/mol. The van der Waals surface area contributed by atoms with Gasteiger partial charge in [-0.3, -0.25) is 19.2 Å². The molecule has 0 heterocycles. The zero-order chi connectivity index (χ0) is 27.4. The number of carbonyl (C=O) groups is 5. The van der Waals surface area contributed by atoms with Crippen LogP contribution in [0.1, 0.15) is 32.3 Å². The number of phenols is 1. The van der Waals surface area contributed by atoms with Crippen LogP contribution in [0.2, 0.25) is 0 Å². The van der Waals surface area contributed by atoms with Crippen LogP contribution in [-0.2, 0) is 30.4 Å². The van der Waals surface area contributed by atoms with Crippen LogP contribution < -0.4 is 27.4 Å². The van der Waals surface area contributed by atoms with Crippen molar-refractivity contribution < 1.29 is 34.2 Å². The molecule has 9 N–H and O–H groups in total. The van der Waals surface area contributed by atoms with E-state index in [1.165, 1.54) is 36.0 Å². The Kier molecular flexibility index (Phi) is 12.7. The molecule has 0 aliphatic rings. The first kappa shape index (κ1) is 30.7. The number of carboxylic acids is 1. The van der Waals surface area contributed by atoms with E-state index in [0.717, 1.165) is 0 Å². The molecule has 4 amide bonds. The van der Waals surface area contributed by atoms with Gasteiger partial charge in [-0.2, -0.15) is 11.8 Å². The van der Waals surface area contributed by atoms with Crippen molar-refractivity contribution >= 4 is 41.4 Å².